The minimum absolute atomic E-state index is 0.167. The number of carbonyl (C=O) groups is 1. The molecule has 1 amide bonds. The highest BCUT2D eigenvalue weighted by Gasteiger charge is 2.55. The number of rotatable bonds is 0. The molecule has 6 heteroatoms. The molecule has 0 saturated carbocycles. The summed E-state index contributed by atoms with van der Waals surface area (Å²) in [6.07, 6.45) is -2.32. The molecule has 104 valence electrons. The number of hydrogen-bond donors (Lipinski definition) is 1. The molecule has 2 fully saturated rings. The van der Waals surface area contributed by atoms with E-state index in [-0.39, 0.29) is 6.54 Å². The van der Waals surface area contributed by atoms with Crippen LogP contribution in [0.3, 0.4) is 0 Å². The first-order valence-corrected chi connectivity index (χ1v) is 6.12. The second-order valence-electron chi connectivity index (χ2n) is 6.19. The first-order chi connectivity index (χ1) is 8.09. The molecule has 0 aromatic carbocycles. The van der Waals surface area contributed by atoms with Crippen LogP contribution in [0.15, 0.2) is 0 Å². The maximum atomic E-state index is 12.0. The predicted octanol–water partition coefficient (Wildman–Crippen LogP) is 1.08. The van der Waals surface area contributed by atoms with Crippen LogP contribution < -0.4 is 0 Å². The fourth-order valence-electron chi connectivity index (χ4n) is 2.19. The van der Waals surface area contributed by atoms with Crippen LogP contribution >= 0.6 is 0 Å². The summed E-state index contributed by atoms with van der Waals surface area (Å²) in [5.41, 5.74) is -0.574. The summed E-state index contributed by atoms with van der Waals surface area (Å²) in [6, 6.07) is 0. The molecule has 18 heavy (non-hydrogen) atoms. The van der Waals surface area contributed by atoms with Gasteiger partial charge in [-0.15, -0.1) is 0 Å². The summed E-state index contributed by atoms with van der Waals surface area (Å²) in [5.74, 6) is -0.795. The third kappa shape index (κ3) is 2.60. The van der Waals surface area contributed by atoms with Crippen molar-refractivity contribution in [3.8, 4) is 0 Å². The SMILES string of the molecule is CC(C)(C)OC(=O)N1CC(O)C2OC(C)(C)OC21. The van der Waals surface area contributed by atoms with Crippen molar-refractivity contribution in [3.63, 3.8) is 0 Å². The molecule has 0 aromatic rings. The van der Waals surface area contributed by atoms with Crippen LogP contribution in [0.2, 0.25) is 0 Å². The highest BCUT2D eigenvalue weighted by atomic mass is 16.8. The molecule has 0 bridgehead atoms. The standard InChI is InChI=1S/C12H21NO5/c1-11(2,3)18-10(15)13-6-7(14)8-9(13)17-12(4,5)16-8/h7-9,14H,6H2,1-5H3. The molecule has 2 aliphatic rings. The highest BCUT2D eigenvalue weighted by molar-refractivity contribution is 5.69. The Kier molecular flexibility index (Phi) is 3.08. The summed E-state index contributed by atoms with van der Waals surface area (Å²) < 4.78 is 16.5. The number of amides is 1. The smallest absolute Gasteiger partial charge is 0.412 e. The van der Waals surface area contributed by atoms with Crippen LogP contribution in [0.25, 0.3) is 0 Å². The second-order valence-corrected chi connectivity index (χ2v) is 6.19. The molecular formula is C12H21NO5. The van der Waals surface area contributed by atoms with Crippen LogP contribution in [0.4, 0.5) is 4.79 Å². The van der Waals surface area contributed by atoms with Gasteiger partial charge in [0.15, 0.2) is 12.0 Å². The Hall–Kier alpha value is -0.850. The fourth-order valence-corrected chi connectivity index (χ4v) is 2.19. The normalized spacial score (nSPS) is 34.6. The van der Waals surface area contributed by atoms with Crippen LogP contribution in [0.5, 0.6) is 0 Å². The van der Waals surface area contributed by atoms with E-state index in [1.807, 2.05) is 0 Å². The third-order valence-electron chi connectivity index (χ3n) is 2.80. The number of aliphatic hydroxyl groups is 1. The monoisotopic (exact) mass is 259 g/mol. The Morgan fingerprint density at radius 3 is 2.56 bits per heavy atom. The number of ether oxygens (including phenoxy) is 3. The molecule has 0 spiro atoms. The van der Waals surface area contributed by atoms with E-state index in [0.717, 1.165) is 0 Å². The maximum Gasteiger partial charge on any atom is 0.412 e. The van der Waals surface area contributed by atoms with Crippen LogP contribution in [0.1, 0.15) is 34.6 Å². The summed E-state index contributed by atoms with van der Waals surface area (Å²) in [6.45, 7) is 9.07. The zero-order valence-corrected chi connectivity index (χ0v) is 11.5. The molecule has 3 atom stereocenters. The highest BCUT2D eigenvalue weighted by Crippen LogP contribution is 2.36. The van der Waals surface area contributed by atoms with Gasteiger partial charge in [-0.05, 0) is 34.6 Å². The number of hydrogen-bond acceptors (Lipinski definition) is 5. The number of β-amino-alcohol motifs (C(OH)–C–C–N with tert-alkyl or cyclic N) is 1. The minimum Gasteiger partial charge on any atom is -0.444 e. The van der Waals surface area contributed by atoms with Gasteiger partial charge in [0.05, 0.1) is 6.54 Å². The van der Waals surface area contributed by atoms with Gasteiger partial charge in [0.25, 0.3) is 0 Å². The van der Waals surface area contributed by atoms with Crippen molar-refractivity contribution in [2.24, 2.45) is 0 Å². The van der Waals surface area contributed by atoms with E-state index in [1.54, 1.807) is 34.6 Å². The third-order valence-corrected chi connectivity index (χ3v) is 2.80. The minimum atomic E-state index is -0.795. The molecule has 2 saturated heterocycles. The Bertz CT molecular complexity index is 349. The van der Waals surface area contributed by atoms with Crippen molar-refractivity contribution >= 4 is 6.09 Å². The van der Waals surface area contributed by atoms with Crippen molar-refractivity contribution in [2.75, 3.05) is 6.54 Å². The molecule has 0 aromatic heterocycles. The summed E-state index contributed by atoms with van der Waals surface area (Å²) in [5, 5.41) is 9.89. The largest absolute Gasteiger partial charge is 0.444 e. The lowest BCUT2D eigenvalue weighted by molar-refractivity contribution is -0.174. The molecule has 2 rings (SSSR count). The average molecular weight is 259 g/mol. The quantitative estimate of drug-likeness (QED) is 0.705. The lowest BCUT2D eigenvalue weighted by Crippen LogP contribution is -2.42. The first kappa shape index (κ1) is 13.6. The molecule has 1 N–H and O–H groups in total. The second kappa shape index (κ2) is 4.08. The molecule has 6 nitrogen and oxygen atoms in total. The van der Waals surface area contributed by atoms with Crippen molar-refractivity contribution < 1.29 is 24.1 Å². The number of aliphatic hydroxyl groups excluding tert-OH is 1. The molecule has 0 radical (unpaired) electrons. The molecule has 2 heterocycles. The Morgan fingerprint density at radius 1 is 1.39 bits per heavy atom. The maximum absolute atomic E-state index is 12.0. The Labute approximate surface area is 107 Å². The van der Waals surface area contributed by atoms with Gasteiger partial charge in [-0.2, -0.15) is 0 Å². The van der Waals surface area contributed by atoms with E-state index < -0.39 is 35.9 Å². The Balaban J connectivity index is 2.09. The topological polar surface area (TPSA) is 68.2 Å². The van der Waals surface area contributed by atoms with Gasteiger partial charge < -0.3 is 19.3 Å². The number of nitrogens with zero attached hydrogens (tertiary/aromatic N) is 1. The van der Waals surface area contributed by atoms with Gasteiger partial charge in [-0.3, -0.25) is 4.90 Å². The fraction of sp³-hybridized carbons (Fsp3) is 0.917. The number of carbonyl (C=O) groups excluding carboxylic acids is 1. The van der Waals surface area contributed by atoms with E-state index in [0.29, 0.717) is 0 Å². The van der Waals surface area contributed by atoms with Crippen molar-refractivity contribution in [1.29, 1.82) is 0 Å². The predicted molar refractivity (Wildman–Crippen MR) is 62.8 cm³/mol. The molecule has 3 unspecified atom stereocenters. The van der Waals surface area contributed by atoms with Gasteiger partial charge in [0.2, 0.25) is 0 Å². The molecule has 2 aliphatic heterocycles. The average Bonchev–Trinajstić information content (AvgIpc) is 2.59. The Morgan fingerprint density at radius 2 is 2.00 bits per heavy atom. The van der Waals surface area contributed by atoms with Gasteiger partial charge in [0, 0.05) is 0 Å². The van der Waals surface area contributed by atoms with E-state index in [1.165, 1.54) is 4.90 Å². The van der Waals surface area contributed by atoms with Gasteiger partial charge in [-0.25, -0.2) is 4.79 Å². The van der Waals surface area contributed by atoms with Crippen LogP contribution in [-0.2, 0) is 14.2 Å². The number of fused-ring (bicyclic) bond motifs is 1. The molecular weight excluding hydrogens is 238 g/mol. The van der Waals surface area contributed by atoms with Crippen molar-refractivity contribution in [1.82, 2.24) is 4.90 Å². The molecule has 0 aliphatic carbocycles. The lowest BCUT2D eigenvalue weighted by Gasteiger charge is -2.28. The summed E-state index contributed by atoms with van der Waals surface area (Å²) in [4.78, 5) is 13.4. The van der Waals surface area contributed by atoms with Crippen molar-refractivity contribution in [3.05, 3.63) is 0 Å². The summed E-state index contributed by atoms with van der Waals surface area (Å²) >= 11 is 0. The van der Waals surface area contributed by atoms with Crippen molar-refractivity contribution in [2.45, 2.75) is 64.4 Å². The van der Waals surface area contributed by atoms with Gasteiger partial charge in [0.1, 0.15) is 17.8 Å². The van der Waals surface area contributed by atoms with Gasteiger partial charge in [-0.1, -0.05) is 0 Å². The zero-order chi connectivity index (χ0) is 13.7. The zero-order valence-electron chi connectivity index (χ0n) is 11.5. The summed E-state index contributed by atoms with van der Waals surface area (Å²) in [7, 11) is 0. The van der Waals surface area contributed by atoms with Crippen LogP contribution in [0, 0.1) is 0 Å². The van der Waals surface area contributed by atoms with Crippen LogP contribution in [-0.4, -0.2) is 52.5 Å². The first-order valence-electron chi connectivity index (χ1n) is 6.12. The van der Waals surface area contributed by atoms with Gasteiger partial charge >= 0.3 is 6.09 Å². The van der Waals surface area contributed by atoms with E-state index in [4.69, 9.17) is 14.2 Å². The lowest BCUT2D eigenvalue weighted by atomic mass is 10.2. The number of likely N-dealkylation sites (tertiary alicyclic amines) is 1. The van der Waals surface area contributed by atoms with E-state index in [2.05, 4.69) is 0 Å². The van der Waals surface area contributed by atoms with E-state index >= 15 is 0 Å². The van der Waals surface area contributed by atoms with E-state index in [9.17, 15) is 9.90 Å².